The first-order chi connectivity index (χ1) is 12.0. The van der Waals surface area contributed by atoms with E-state index in [0.29, 0.717) is 0 Å². The van der Waals surface area contributed by atoms with Crippen molar-refractivity contribution >= 4 is 23.6 Å². The summed E-state index contributed by atoms with van der Waals surface area (Å²) in [4.78, 5) is 27.3. The Bertz CT molecular complexity index is 600. The normalized spacial score (nSPS) is 16.4. The number of carbonyl (C=O) groups excluding carboxylic acids is 2. The van der Waals surface area contributed by atoms with E-state index in [9.17, 15) is 9.59 Å². The van der Waals surface area contributed by atoms with E-state index in [-0.39, 0.29) is 5.91 Å². The molecular formula is C20H28N2O3. The average molecular weight is 344 g/mol. The Morgan fingerprint density at radius 2 is 1.68 bits per heavy atom. The van der Waals surface area contributed by atoms with Crippen LogP contribution >= 0.6 is 0 Å². The van der Waals surface area contributed by atoms with Crippen LogP contribution < -0.4 is 4.90 Å². The standard InChI is InChI=1S/C20H28N2O3/c1-16(20(24)21(2)3)25-19(23)13-10-17-8-11-18(12-9-17)22-14-6-4-5-7-15-22/h8-13,16H,4-7,14-15H2,1-3H3/b13-10+/t16-/m0/s1. The monoisotopic (exact) mass is 344 g/mol. The van der Waals surface area contributed by atoms with Crippen LogP contribution in [-0.2, 0) is 14.3 Å². The van der Waals surface area contributed by atoms with E-state index in [4.69, 9.17) is 4.74 Å². The summed E-state index contributed by atoms with van der Waals surface area (Å²) in [6.45, 7) is 3.79. The van der Waals surface area contributed by atoms with Gasteiger partial charge >= 0.3 is 5.97 Å². The van der Waals surface area contributed by atoms with Gasteiger partial charge in [0.05, 0.1) is 0 Å². The molecule has 0 spiro atoms. The number of hydrogen-bond donors (Lipinski definition) is 0. The molecule has 5 heteroatoms. The van der Waals surface area contributed by atoms with Crippen molar-refractivity contribution < 1.29 is 14.3 Å². The van der Waals surface area contributed by atoms with E-state index in [2.05, 4.69) is 17.0 Å². The highest BCUT2D eigenvalue weighted by molar-refractivity contribution is 5.90. The van der Waals surface area contributed by atoms with E-state index < -0.39 is 12.1 Å². The van der Waals surface area contributed by atoms with Crippen LogP contribution in [0.4, 0.5) is 5.69 Å². The van der Waals surface area contributed by atoms with Gasteiger partial charge in [-0.25, -0.2) is 4.79 Å². The van der Waals surface area contributed by atoms with Crippen molar-refractivity contribution in [1.29, 1.82) is 0 Å². The van der Waals surface area contributed by atoms with Crippen LogP contribution in [-0.4, -0.2) is 50.1 Å². The first-order valence-electron chi connectivity index (χ1n) is 8.92. The van der Waals surface area contributed by atoms with Crippen molar-refractivity contribution in [3.8, 4) is 0 Å². The molecule has 0 bridgehead atoms. The molecule has 1 saturated heterocycles. The second kappa shape index (κ2) is 9.25. The summed E-state index contributed by atoms with van der Waals surface area (Å²) in [5.74, 6) is -0.747. The SMILES string of the molecule is C[C@H](OC(=O)/C=C/c1ccc(N2CCCCCC2)cc1)C(=O)N(C)C. The quantitative estimate of drug-likeness (QED) is 0.608. The van der Waals surface area contributed by atoms with Crippen molar-refractivity contribution in [2.24, 2.45) is 0 Å². The molecule has 5 nitrogen and oxygen atoms in total. The van der Waals surface area contributed by atoms with E-state index in [1.165, 1.54) is 42.3 Å². The number of hydrogen-bond acceptors (Lipinski definition) is 4. The second-order valence-corrected chi connectivity index (χ2v) is 6.64. The third kappa shape index (κ3) is 5.93. The van der Waals surface area contributed by atoms with Gasteiger partial charge in [-0.15, -0.1) is 0 Å². The fraction of sp³-hybridized carbons (Fsp3) is 0.500. The minimum absolute atomic E-state index is 0.233. The lowest BCUT2D eigenvalue weighted by atomic mass is 10.1. The molecule has 1 aromatic rings. The highest BCUT2D eigenvalue weighted by Crippen LogP contribution is 2.20. The Hall–Kier alpha value is -2.30. The number of carbonyl (C=O) groups is 2. The molecule has 1 heterocycles. The van der Waals surface area contributed by atoms with E-state index in [0.717, 1.165) is 18.7 Å². The zero-order valence-corrected chi connectivity index (χ0v) is 15.4. The van der Waals surface area contributed by atoms with E-state index in [1.807, 2.05) is 12.1 Å². The fourth-order valence-corrected chi connectivity index (χ4v) is 2.92. The maximum atomic E-state index is 11.8. The minimum Gasteiger partial charge on any atom is -0.449 e. The molecule has 2 rings (SSSR count). The van der Waals surface area contributed by atoms with Crippen LogP contribution in [0, 0.1) is 0 Å². The van der Waals surface area contributed by atoms with Gasteiger partial charge in [0.1, 0.15) is 0 Å². The summed E-state index contributed by atoms with van der Waals surface area (Å²) in [6, 6.07) is 8.18. The van der Waals surface area contributed by atoms with Crippen molar-refractivity contribution in [1.82, 2.24) is 4.90 Å². The molecular weight excluding hydrogens is 316 g/mol. The van der Waals surface area contributed by atoms with Crippen molar-refractivity contribution in [2.75, 3.05) is 32.1 Å². The summed E-state index contributed by atoms with van der Waals surface area (Å²) in [7, 11) is 3.27. The van der Waals surface area contributed by atoms with Gasteiger partial charge in [-0.3, -0.25) is 4.79 Å². The highest BCUT2D eigenvalue weighted by atomic mass is 16.5. The molecule has 1 amide bonds. The van der Waals surface area contributed by atoms with Gasteiger partial charge in [-0.1, -0.05) is 25.0 Å². The maximum Gasteiger partial charge on any atom is 0.331 e. The largest absolute Gasteiger partial charge is 0.449 e. The predicted molar refractivity (Wildman–Crippen MR) is 100 cm³/mol. The molecule has 1 aromatic carbocycles. The molecule has 0 aromatic heterocycles. The lowest BCUT2D eigenvalue weighted by Gasteiger charge is -2.22. The Morgan fingerprint density at radius 1 is 1.08 bits per heavy atom. The smallest absolute Gasteiger partial charge is 0.331 e. The van der Waals surface area contributed by atoms with Crippen LogP contribution in [0.25, 0.3) is 6.08 Å². The number of benzene rings is 1. The van der Waals surface area contributed by atoms with Gasteiger partial charge in [0.2, 0.25) is 0 Å². The maximum absolute atomic E-state index is 11.8. The Morgan fingerprint density at radius 3 is 2.24 bits per heavy atom. The molecule has 0 saturated carbocycles. The van der Waals surface area contributed by atoms with Gasteiger partial charge < -0.3 is 14.5 Å². The van der Waals surface area contributed by atoms with Crippen LogP contribution in [0.15, 0.2) is 30.3 Å². The number of nitrogens with zero attached hydrogens (tertiary/aromatic N) is 2. The molecule has 136 valence electrons. The molecule has 1 aliphatic heterocycles. The third-order valence-electron chi connectivity index (χ3n) is 4.36. The van der Waals surface area contributed by atoms with E-state index >= 15 is 0 Å². The summed E-state index contributed by atoms with van der Waals surface area (Å²) in [5, 5.41) is 0. The van der Waals surface area contributed by atoms with Gasteiger partial charge in [0.25, 0.3) is 5.91 Å². The zero-order valence-electron chi connectivity index (χ0n) is 15.4. The van der Waals surface area contributed by atoms with E-state index in [1.54, 1.807) is 27.1 Å². The minimum atomic E-state index is -0.780. The molecule has 0 N–H and O–H groups in total. The fourth-order valence-electron chi connectivity index (χ4n) is 2.92. The van der Waals surface area contributed by atoms with Crippen LogP contribution in [0.3, 0.4) is 0 Å². The molecule has 0 radical (unpaired) electrons. The summed E-state index contributed by atoms with van der Waals surface area (Å²) < 4.78 is 5.10. The first kappa shape index (κ1) is 19.0. The van der Waals surface area contributed by atoms with Gasteiger partial charge in [-0.05, 0) is 43.5 Å². The average Bonchev–Trinajstić information content (AvgIpc) is 2.89. The second-order valence-electron chi connectivity index (χ2n) is 6.64. The Kier molecular flexibility index (Phi) is 7.04. The molecule has 25 heavy (non-hydrogen) atoms. The molecule has 1 aliphatic rings. The molecule has 0 unspecified atom stereocenters. The topological polar surface area (TPSA) is 49.9 Å². The predicted octanol–water partition coefficient (Wildman–Crippen LogP) is 3.10. The number of amides is 1. The van der Waals surface area contributed by atoms with Crippen LogP contribution in [0.2, 0.25) is 0 Å². The first-order valence-corrected chi connectivity index (χ1v) is 8.92. The molecule has 0 aliphatic carbocycles. The third-order valence-corrected chi connectivity index (χ3v) is 4.36. The van der Waals surface area contributed by atoms with Crippen molar-refractivity contribution in [3.05, 3.63) is 35.9 Å². The lowest BCUT2D eigenvalue weighted by molar-refractivity contribution is -0.153. The Labute approximate surface area is 150 Å². The Balaban J connectivity index is 1.90. The number of likely N-dealkylation sites (N-methyl/N-ethyl adjacent to an activating group) is 1. The summed E-state index contributed by atoms with van der Waals surface area (Å²) in [6.07, 6.45) is 7.41. The highest BCUT2D eigenvalue weighted by Gasteiger charge is 2.17. The van der Waals surface area contributed by atoms with Gasteiger partial charge in [-0.2, -0.15) is 0 Å². The summed E-state index contributed by atoms with van der Waals surface area (Å²) >= 11 is 0. The summed E-state index contributed by atoms with van der Waals surface area (Å²) in [5.41, 5.74) is 2.16. The number of esters is 1. The molecule has 1 fully saturated rings. The van der Waals surface area contributed by atoms with Crippen molar-refractivity contribution in [2.45, 2.75) is 38.7 Å². The number of ether oxygens (including phenoxy) is 1. The number of anilines is 1. The number of rotatable bonds is 5. The van der Waals surface area contributed by atoms with Crippen LogP contribution in [0.5, 0.6) is 0 Å². The lowest BCUT2D eigenvalue weighted by Crippen LogP contribution is -2.34. The van der Waals surface area contributed by atoms with Gasteiger partial charge in [0.15, 0.2) is 6.10 Å². The van der Waals surface area contributed by atoms with Crippen molar-refractivity contribution in [3.63, 3.8) is 0 Å². The zero-order chi connectivity index (χ0) is 18.2. The van der Waals surface area contributed by atoms with Crippen LogP contribution in [0.1, 0.15) is 38.2 Å². The van der Waals surface area contributed by atoms with Gasteiger partial charge in [0, 0.05) is 38.9 Å². The molecule has 1 atom stereocenters.